The largest absolute Gasteiger partial charge is 0.356 e. The fourth-order valence-corrected chi connectivity index (χ4v) is 4.74. The SMILES string of the molecule is COC1CC2CC[C@H](C)[C@H]3C(=O)C(C)(C)C[C@@]23O1. The molecule has 0 amide bonds. The summed E-state index contributed by atoms with van der Waals surface area (Å²) in [5.74, 6) is 1.46. The van der Waals surface area contributed by atoms with Gasteiger partial charge in [-0.05, 0) is 31.1 Å². The van der Waals surface area contributed by atoms with E-state index in [4.69, 9.17) is 9.47 Å². The zero-order chi connectivity index (χ0) is 13.1. The fraction of sp³-hybridized carbons (Fsp3) is 0.933. The van der Waals surface area contributed by atoms with Crippen LogP contribution in [0.3, 0.4) is 0 Å². The predicted molar refractivity (Wildman–Crippen MR) is 68.0 cm³/mol. The van der Waals surface area contributed by atoms with Crippen molar-refractivity contribution in [3.8, 4) is 0 Å². The first-order valence-electron chi connectivity index (χ1n) is 7.15. The molecule has 1 heterocycles. The molecule has 1 aliphatic heterocycles. The molecule has 2 unspecified atom stereocenters. The van der Waals surface area contributed by atoms with Gasteiger partial charge in [0.2, 0.25) is 0 Å². The van der Waals surface area contributed by atoms with Crippen LogP contribution in [0.5, 0.6) is 0 Å². The average Bonchev–Trinajstić information content (AvgIpc) is 2.74. The van der Waals surface area contributed by atoms with Crippen LogP contribution in [0, 0.1) is 23.2 Å². The van der Waals surface area contributed by atoms with E-state index in [9.17, 15) is 4.79 Å². The molecule has 18 heavy (non-hydrogen) atoms. The van der Waals surface area contributed by atoms with E-state index >= 15 is 0 Å². The fourth-order valence-electron chi connectivity index (χ4n) is 4.74. The Morgan fingerprint density at radius 1 is 1.33 bits per heavy atom. The molecule has 0 radical (unpaired) electrons. The van der Waals surface area contributed by atoms with Crippen LogP contribution in [0.15, 0.2) is 0 Å². The smallest absolute Gasteiger partial charge is 0.158 e. The maximum Gasteiger partial charge on any atom is 0.158 e. The van der Waals surface area contributed by atoms with Crippen molar-refractivity contribution in [3.63, 3.8) is 0 Å². The number of carbonyl (C=O) groups is 1. The monoisotopic (exact) mass is 252 g/mol. The second-order valence-electron chi connectivity index (χ2n) is 7.13. The standard InChI is InChI=1S/C15H24O3/c1-9-5-6-10-7-11(17-4)18-15(10)8-14(2,3)13(16)12(9)15/h9-12H,5-8H2,1-4H3/t9-,10?,11?,12-,15+/m0/s1. The highest BCUT2D eigenvalue weighted by Crippen LogP contribution is 2.61. The summed E-state index contributed by atoms with van der Waals surface area (Å²) in [6.07, 6.45) is 4.06. The number of carbonyl (C=O) groups excluding carboxylic acids is 1. The van der Waals surface area contributed by atoms with Gasteiger partial charge in [0.15, 0.2) is 6.29 Å². The van der Waals surface area contributed by atoms with Gasteiger partial charge in [0.1, 0.15) is 5.78 Å². The third kappa shape index (κ3) is 1.47. The molecule has 3 fully saturated rings. The van der Waals surface area contributed by atoms with Crippen LogP contribution in [0.2, 0.25) is 0 Å². The summed E-state index contributed by atoms with van der Waals surface area (Å²) in [7, 11) is 1.71. The predicted octanol–water partition coefficient (Wildman–Crippen LogP) is 2.78. The highest BCUT2D eigenvalue weighted by molar-refractivity contribution is 5.90. The minimum Gasteiger partial charge on any atom is -0.356 e. The molecular formula is C15H24O3. The Morgan fingerprint density at radius 3 is 2.72 bits per heavy atom. The molecule has 0 aromatic rings. The van der Waals surface area contributed by atoms with Gasteiger partial charge in [-0.2, -0.15) is 0 Å². The van der Waals surface area contributed by atoms with E-state index in [0.29, 0.717) is 17.6 Å². The van der Waals surface area contributed by atoms with Gasteiger partial charge in [-0.1, -0.05) is 20.8 Å². The lowest BCUT2D eigenvalue weighted by molar-refractivity contribution is -0.185. The van der Waals surface area contributed by atoms with E-state index in [0.717, 1.165) is 19.3 Å². The molecule has 5 atom stereocenters. The molecular weight excluding hydrogens is 228 g/mol. The Balaban J connectivity index is 2.01. The van der Waals surface area contributed by atoms with Gasteiger partial charge in [-0.3, -0.25) is 4.79 Å². The zero-order valence-electron chi connectivity index (χ0n) is 11.9. The van der Waals surface area contributed by atoms with Crippen molar-refractivity contribution in [1.29, 1.82) is 0 Å². The van der Waals surface area contributed by atoms with E-state index < -0.39 is 0 Å². The quantitative estimate of drug-likeness (QED) is 0.720. The van der Waals surface area contributed by atoms with E-state index in [1.54, 1.807) is 7.11 Å². The number of ether oxygens (including phenoxy) is 2. The number of hydrogen-bond acceptors (Lipinski definition) is 3. The Labute approximate surface area is 109 Å². The van der Waals surface area contributed by atoms with Crippen molar-refractivity contribution in [2.45, 2.75) is 58.3 Å². The third-order valence-corrected chi connectivity index (χ3v) is 5.52. The lowest BCUT2D eigenvalue weighted by atomic mass is 9.65. The first kappa shape index (κ1) is 12.6. The topological polar surface area (TPSA) is 35.5 Å². The first-order chi connectivity index (χ1) is 8.40. The Morgan fingerprint density at radius 2 is 2.06 bits per heavy atom. The third-order valence-electron chi connectivity index (χ3n) is 5.52. The second-order valence-corrected chi connectivity index (χ2v) is 7.13. The molecule has 0 aromatic heterocycles. The van der Waals surface area contributed by atoms with Crippen LogP contribution in [0.4, 0.5) is 0 Å². The molecule has 3 rings (SSSR count). The van der Waals surface area contributed by atoms with Gasteiger partial charge in [0, 0.05) is 18.9 Å². The van der Waals surface area contributed by atoms with Gasteiger partial charge >= 0.3 is 0 Å². The van der Waals surface area contributed by atoms with Crippen LogP contribution in [0.25, 0.3) is 0 Å². The molecule has 1 saturated heterocycles. The van der Waals surface area contributed by atoms with Crippen molar-refractivity contribution in [2.75, 3.05) is 7.11 Å². The van der Waals surface area contributed by atoms with E-state index in [-0.39, 0.29) is 23.2 Å². The highest BCUT2D eigenvalue weighted by Gasteiger charge is 2.67. The van der Waals surface area contributed by atoms with Gasteiger partial charge in [-0.25, -0.2) is 0 Å². The number of ketones is 1. The molecule has 3 aliphatic rings. The molecule has 2 saturated carbocycles. The summed E-state index contributed by atoms with van der Waals surface area (Å²) < 4.78 is 11.7. The maximum absolute atomic E-state index is 12.7. The molecule has 2 aliphatic carbocycles. The summed E-state index contributed by atoms with van der Waals surface area (Å²) in [4.78, 5) is 12.7. The summed E-state index contributed by atoms with van der Waals surface area (Å²) in [6, 6.07) is 0. The van der Waals surface area contributed by atoms with Crippen molar-refractivity contribution in [3.05, 3.63) is 0 Å². The number of Topliss-reactive ketones (excluding diaryl/α,β-unsaturated/α-hetero) is 1. The Kier molecular flexibility index (Phi) is 2.66. The van der Waals surface area contributed by atoms with Crippen molar-refractivity contribution in [1.82, 2.24) is 0 Å². The first-order valence-corrected chi connectivity index (χ1v) is 7.15. The molecule has 102 valence electrons. The van der Waals surface area contributed by atoms with Crippen molar-refractivity contribution >= 4 is 5.78 Å². The molecule has 0 N–H and O–H groups in total. The Hall–Kier alpha value is -0.410. The van der Waals surface area contributed by atoms with Crippen molar-refractivity contribution < 1.29 is 14.3 Å². The summed E-state index contributed by atoms with van der Waals surface area (Å²) >= 11 is 0. The summed E-state index contributed by atoms with van der Waals surface area (Å²) in [6.45, 7) is 6.37. The van der Waals surface area contributed by atoms with E-state index in [1.165, 1.54) is 6.42 Å². The molecule has 1 spiro atoms. The van der Waals surface area contributed by atoms with Crippen LogP contribution >= 0.6 is 0 Å². The highest BCUT2D eigenvalue weighted by atomic mass is 16.7. The minimum absolute atomic E-state index is 0.0893. The lowest BCUT2D eigenvalue weighted by Gasteiger charge is -2.42. The Bertz CT molecular complexity index is 376. The zero-order valence-corrected chi connectivity index (χ0v) is 11.9. The molecule has 3 nitrogen and oxygen atoms in total. The van der Waals surface area contributed by atoms with E-state index in [2.05, 4.69) is 20.8 Å². The molecule has 0 bridgehead atoms. The van der Waals surface area contributed by atoms with Gasteiger partial charge in [0.05, 0.1) is 11.5 Å². The average molecular weight is 252 g/mol. The van der Waals surface area contributed by atoms with Crippen molar-refractivity contribution in [2.24, 2.45) is 23.2 Å². The van der Waals surface area contributed by atoms with Gasteiger partial charge in [-0.15, -0.1) is 0 Å². The summed E-state index contributed by atoms with van der Waals surface area (Å²) in [5, 5.41) is 0. The van der Waals surface area contributed by atoms with Crippen LogP contribution in [-0.4, -0.2) is 24.8 Å². The number of rotatable bonds is 1. The van der Waals surface area contributed by atoms with Gasteiger partial charge in [0.25, 0.3) is 0 Å². The van der Waals surface area contributed by atoms with Crippen LogP contribution < -0.4 is 0 Å². The minimum atomic E-state index is -0.232. The van der Waals surface area contributed by atoms with Gasteiger partial charge < -0.3 is 9.47 Å². The van der Waals surface area contributed by atoms with E-state index in [1.807, 2.05) is 0 Å². The molecule has 0 aromatic carbocycles. The number of methoxy groups -OCH3 is 1. The van der Waals surface area contributed by atoms with Crippen LogP contribution in [-0.2, 0) is 14.3 Å². The second kappa shape index (κ2) is 3.80. The lowest BCUT2D eigenvalue weighted by Crippen LogP contribution is -2.48. The maximum atomic E-state index is 12.7. The van der Waals surface area contributed by atoms with Crippen LogP contribution in [0.1, 0.15) is 46.5 Å². The molecule has 3 heteroatoms. The normalized spacial score (nSPS) is 50.1. The number of hydrogen-bond donors (Lipinski definition) is 0. The summed E-state index contributed by atoms with van der Waals surface area (Å²) in [5.41, 5.74) is -0.455.